The van der Waals surface area contributed by atoms with Crippen LogP contribution in [0.1, 0.15) is 47.0 Å². The van der Waals surface area contributed by atoms with E-state index in [2.05, 4.69) is 42.0 Å². The average molecular weight is 363 g/mol. The number of rotatable bonds is 8. The van der Waals surface area contributed by atoms with Crippen molar-refractivity contribution in [1.29, 1.82) is 0 Å². The Bertz CT molecular complexity index is 425. The van der Waals surface area contributed by atoms with Gasteiger partial charge >= 0.3 is 0 Å². The van der Waals surface area contributed by atoms with E-state index in [0.29, 0.717) is 23.6 Å². The Hall–Kier alpha value is -0.410. The van der Waals surface area contributed by atoms with Crippen molar-refractivity contribution in [2.75, 3.05) is 11.9 Å². The van der Waals surface area contributed by atoms with Crippen molar-refractivity contribution in [3.8, 4) is 5.75 Å². The van der Waals surface area contributed by atoms with E-state index in [9.17, 15) is 0 Å². The molecule has 2 unspecified atom stereocenters. The van der Waals surface area contributed by atoms with Crippen molar-refractivity contribution in [3.05, 3.63) is 21.6 Å². The Labute approximate surface area is 136 Å². The number of anilines is 1. The zero-order valence-corrected chi connectivity index (χ0v) is 15.1. The lowest BCUT2D eigenvalue weighted by molar-refractivity contribution is 0.339. The highest BCUT2D eigenvalue weighted by atomic mass is 79.9. The number of nitrogens with one attached hydrogen (secondary N) is 1. The molecule has 1 rings (SSSR count). The van der Waals surface area contributed by atoms with Gasteiger partial charge in [-0.3, -0.25) is 0 Å². The second-order valence-corrected chi connectivity index (χ2v) is 6.49. The Morgan fingerprint density at radius 3 is 2.50 bits per heavy atom. The molecule has 20 heavy (non-hydrogen) atoms. The van der Waals surface area contributed by atoms with Crippen LogP contribution in [0.3, 0.4) is 0 Å². The van der Waals surface area contributed by atoms with E-state index in [4.69, 9.17) is 16.3 Å². The summed E-state index contributed by atoms with van der Waals surface area (Å²) >= 11 is 9.68. The van der Waals surface area contributed by atoms with Gasteiger partial charge in [0.25, 0.3) is 0 Å². The molecule has 0 fully saturated rings. The number of hydrogen-bond donors (Lipinski definition) is 1. The molecule has 0 bridgehead atoms. The summed E-state index contributed by atoms with van der Waals surface area (Å²) in [4.78, 5) is 0. The van der Waals surface area contributed by atoms with E-state index in [0.717, 1.165) is 28.8 Å². The molecule has 1 N–H and O–H groups in total. The number of hydrogen-bond acceptors (Lipinski definition) is 2. The molecule has 0 aromatic heterocycles. The number of halogens is 2. The van der Waals surface area contributed by atoms with Gasteiger partial charge in [-0.1, -0.05) is 38.8 Å². The normalized spacial score (nSPS) is 13.9. The van der Waals surface area contributed by atoms with Crippen LogP contribution in [-0.4, -0.2) is 12.6 Å². The maximum atomic E-state index is 6.16. The molecule has 0 heterocycles. The molecular weight excluding hydrogens is 338 g/mol. The Morgan fingerprint density at radius 2 is 1.95 bits per heavy atom. The first kappa shape index (κ1) is 17.6. The fourth-order valence-corrected chi connectivity index (χ4v) is 3.08. The Balaban J connectivity index is 2.93. The van der Waals surface area contributed by atoms with Gasteiger partial charge in [0, 0.05) is 11.1 Å². The van der Waals surface area contributed by atoms with Gasteiger partial charge in [-0.2, -0.15) is 0 Å². The van der Waals surface area contributed by atoms with Crippen LogP contribution in [0.15, 0.2) is 16.6 Å². The zero-order valence-electron chi connectivity index (χ0n) is 12.8. The van der Waals surface area contributed by atoms with Gasteiger partial charge in [-0.15, -0.1) is 0 Å². The standard InChI is InChI=1S/C16H25BrClNO/c1-5-11(4)8-13(6-2)19-15-10-12(18)9-14(17)16(15)20-7-3/h9-11,13,19H,5-8H2,1-4H3. The van der Waals surface area contributed by atoms with Crippen LogP contribution in [0.2, 0.25) is 5.02 Å². The van der Waals surface area contributed by atoms with Crippen molar-refractivity contribution in [3.63, 3.8) is 0 Å². The van der Waals surface area contributed by atoms with Crippen LogP contribution in [-0.2, 0) is 0 Å². The topological polar surface area (TPSA) is 21.3 Å². The van der Waals surface area contributed by atoms with E-state index in [1.165, 1.54) is 6.42 Å². The molecule has 0 aliphatic rings. The third-order valence-corrected chi connectivity index (χ3v) is 4.34. The van der Waals surface area contributed by atoms with Crippen LogP contribution < -0.4 is 10.1 Å². The summed E-state index contributed by atoms with van der Waals surface area (Å²) in [7, 11) is 0. The molecule has 0 saturated heterocycles. The van der Waals surface area contributed by atoms with Gasteiger partial charge in [-0.05, 0) is 53.7 Å². The van der Waals surface area contributed by atoms with Crippen molar-refractivity contribution < 1.29 is 4.74 Å². The van der Waals surface area contributed by atoms with E-state index in [1.54, 1.807) is 0 Å². The molecule has 4 heteroatoms. The average Bonchev–Trinajstić information content (AvgIpc) is 2.41. The van der Waals surface area contributed by atoms with Gasteiger partial charge in [0.1, 0.15) is 0 Å². The molecule has 114 valence electrons. The second kappa shape index (κ2) is 8.78. The largest absolute Gasteiger partial charge is 0.491 e. The van der Waals surface area contributed by atoms with E-state index in [1.807, 2.05) is 19.1 Å². The van der Waals surface area contributed by atoms with E-state index in [-0.39, 0.29) is 0 Å². The lowest BCUT2D eigenvalue weighted by Gasteiger charge is -2.23. The molecule has 2 atom stereocenters. The van der Waals surface area contributed by atoms with Gasteiger partial charge in [0.05, 0.1) is 16.8 Å². The SMILES string of the molecule is CCOc1c(Br)cc(Cl)cc1NC(CC)CC(C)CC. The minimum absolute atomic E-state index is 0.439. The van der Waals surface area contributed by atoms with Crippen LogP contribution in [0.5, 0.6) is 5.75 Å². The third-order valence-electron chi connectivity index (χ3n) is 3.53. The van der Waals surface area contributed by atoms with Crippen LogP contribution in [0.4, 0.5) is 5.69 Å². The maximum Gasteiger partial charge on any atom is 0.156 e. The highest BCUT2D eigenvalue weighted by Gasteiger charge is 2.15. The van der Waals surface area contributed by atoms with Crippen molar-refractivity contribution >= 4 is 33.2 Å². The first-order valence-electron chi connectivity index (χ1n) is 7.40. The minimum Gasteiger partial charge on any atom is -0.491 e. The summed E-state index contributed by atoms with van der Waals surface area (Å²) in [6, 6.07) is 4.25. The predicted molar refractivity (Wildman–Crippen MR) is 92.1 cm³/mol. The summed E-state index contributed by atoms with van der Waals surface area (Å²) in [6.45, 7) is 9.36. The maximum absolute atomic E-state index is 6.16. The van der Waals surface area contributed by atoms with Crippen molar-refractivity contribution in [2.24, 2.45) is 5.92 Å². The molecule has 0 saturated carbocycles. The highest BCUT2D eigenvalue weighted by molar-refractivity contribution is 9.10. The first-order valence-corrected chi connectivity index (χ1v) is 8.57. The first-order chi connectivity index (χ1) is 9.51. The monoisotopic (exact) mass is 361 g/mol. The van der Waals surface area contributed by atoms with Crippen LogP contribution in [0, 0.1) is 5.92 Å². The summed E-state index contributed by atoms with van der Waals surface area (Å²) in [6.07, 6.45) is 3.44. The van der Waals surface area contributed by atoms with E-state index < -0.39 is 0 Å². The molecule has 0 radical (unpaired) electrons. The predicted octanol–water partition coefficient (Wildman–Crippen LogP) is 6.13. The molecule has 1 aromatic rings. The van der Waals surface area contributed by atoms with Crippen molar-refractivity contribution in [2.45, 2.75) is 53.0 Å². The summed E-state index contributed by atoms with van der Waals surface area (Å²) < 4.78 is 6.63. The fraction of sp³-hybridized carbons (Fsp3) is 0.625. The number of benzene rings is 1. The Kier molecular flexibility index (Phi) is 7.75. The molecule has 0 spiro atoms. The molecule has 0 aliphatic carbocycles. The van der Waals surface area contributed by atoms with Gasteiger partial charge in [0.15, 0.2) is 5.75 Å². The molecule has 0 aliphatic heterocycles. The van der Waals surface area contributed by atoms with Crippen molar-refractivity contribution in [1.82, 2.24) is 0 Å². The zero-order chi connectivity index (χ0) is 15.1. The lowest BCUT2D eigenvalue weighted by Crippen LogP contribution is -2.21. The summed E-state index contributed by atoms with van der Waals surface area (Å²) in [5.74, 6) is 1.56. The van der Waals surface area contributed by atoms with Gasteiger partial charge in [-0.25, -0.2) is 0 Å². The molecule has 1 aromatic carbocycles. The quantitative estimate of drug-likeness (QED) is 0.600. The lowest BCUT2D eigenvalue weighted by atomic mass is 9.97. The molecule has 2 nitrogen and oxygen atoms in total. The van der Waals surface area contributed by atoms with Gasteiger partial charge in [0.2, 0.25) is 0 Å². The summed E-state index contributed by atoms with van der Waals surface area (Å²) in [5, 5.41) is 4.30. The fourth-order valence-electron chi connectivity index (χ4n) is 2.16. The Morgan fingerprint density at radius 1 is 1.25 bits per heavy atom. The minimum atomic E-state index is 0.439. The number of ether oxygens (including phenoxy) is 1. The smallest absolute Gasteiger partial charge is 0.156 e. The summed E-state index contributed by atoms with van der Waals surface area (Å²) in [5.41, 5.74) is 0.973. The second-order valence-electron chi connectivity index (χ2n) is 5.20. The highest BCUT2D eigenvalue weighted by Crippen LogP contribution is 2.37. The molecule has 0 amide bonds. The molecular formula is C16H25BrClNO. The van der Waals surface area contributed by atoms with Crippen LogP contribution >= 0.6 is 27.5 Å². The van der Waals surface area contributed by atoms with E-state index >= 15 is 0 Å². The third kappa shape index (κ3) is 5.17. The van der Waals surface area contributed by atoms with Gasteiger partial charge < -0.3 is 10.1 Å². The van der Waals surface area contributed by atoms with Crippen LogP contribution in [0.25, 0.3) is 0 Å².